The van der Waals surface area contributed by atoms with Crippen LogP contribution in [-0.2, 0) is 0 Å². The molecule has 5 nitrogen and oxygen atoms in total. The zero-order valence-electron chi connectivity index (χ0n) is 43.9. The van der Waals surface area contributed by atoms with Crippen LogP contribution >= 0.6 is 0 Å². The van der Waals surface area contributed by atoms with Crippen LogP contribution in [0.3, 0.4) is 0 Å². The molecule has 0 spiro atoms. The highest BCUT2D eigenvalue weighted by Crippen LogP contribution is 2.40. The van der Waals surface area contributed by atoms with Crippen molar-refractivity contribution in [1.82, 2.24) is 19.5 Å². The number of para-hydroxylation sites is 1. The topological polar surface area (TPSA) is 46.8 Å². The molecule has 0 radical (unpaired) electrons. The third-order valence-corrected chi connectivity index (χ3v) is 18.8. The molecule has 0 N–H and O–H groups in total. The molecule has 7 heteroatoms. The van der Waals surface area contributed by atoms with E-state index in [2.05, 4.69) is 237 Å². The van der Waals surface area contributed by atoms with Crippen molar-refractivity contribution >= 4 is 65.4 Å². The van der Waals surface area contributed by atoms with Gasteiger partial charge in [0.05, 0.1) is 27.2 Å². The van der Waals surface area contributed by atoms with Crippen LogP contribution in [0.4, 0.5) is 17.1 Å². The lowest BCUT2D eigenvalue weighted by Gasteiger charge is -2.26. The molecule has 0 saturated carbocycles. The van der Waals surface area contributed by atoms with Crippen molar-refractivity contribution in [3.05, 3.63) is 249 Å². The van der Waals surface area contributed by atoms with Crippen molar-refractivity contribution in [2.45, 2.75) is 39.3 Å². The second-order valence-corrected chi connectivity index (χ2v) is 32.0. The predicted molar refractivity (Wildman–Crippen MR) is 327 cm³/mol. The van der Waals surface area contributed by atoms with E-state index in [1.807, 2.05) is 60.7 Å². The maximum absolute atomic E-state index is 4.99. The van der Waals surface area contributed by atoms with Crippen molar-refractivity contribution < 1.29 is 0 Å². The van der Waals surface area contributed by atoms with Gasteiger partial charge in [-0.1, -0.05) is 220 Å². The highest BCUT2D eigenvalue weighted by molar-refractivity contribution is 6.89. The second-order valence-electron chi connectivity index (χ2n) is 21.8. The lowest BCUT2D eigenvalue weighted by Crippen LogP contribution is -2.37. The SMILES string of the molecule is C[Si](C)(C)c1ccc(-c2ccc(N(c3ccc(-c4ccc([Si](C)(C)C)cc4)cc3)c3ccc(-c4ccc5c(c4)c4ccccc4n5-c4ccc(-c5nc(-c6ccccc6)nc(-c6ccccc6)n5)cc4)cc3)cc2)cc1. The van der Waals surface area contributed by atoms with E-state index in [4.69, 9.17) is 15.0 Å². The summed E-state index contributed by atoms with van der Waals surface area (Å²) in [7, 11) is -2.79. The summed E-state index contributed by atoms with van der Waals surface area (Å²) in [5.41, 5.74) is 16.7. The van der Waals surface area contributed by atoms with Crippen LogP contribution in [0.15, 0.2) is 249 Å². The van der Waals surface area contributed by atoms with Crippen LogP contribution < -0.4 is 15.3 Å². The monoisotopic (exact) mass is 1010 g/mol. The van der Waals surface area contributed by atoms with E-state index in [0.717, 1.165) is 61.6 Å². The summed E-state index contributed by atoms with van der Waals surface area (Å²) in [6.07, 6.45) is 0. The van der Waals surface area contributed by atoms with Gasteiger partial charge >= 0.3 is 0 Å². The molecule has 0 aliphatic carbocycles. The minimum atomic E-state index is -1.39. The number of anilines is 3. The third kappa shape index (κ3) is 9.63. The molecule has 0 unspecified atom stereocenters. The molecule has 12 rings (SSSR count). The van der Waals surface area contributed by atoms with E-state index in [1.54, 1.807) is 0 Å². The number of hydrogen-bond donors (Lipinski definition) is 0. The Kier molecular flexibility index (Phi) is 12.6. The summed E-state index contributed by atoms with van der Waals surface area (Å²) >= 11 is 0. The Morgan fingerprint density at radius 3 is 1.04 bits per heavy atom. The van der Waals surface area contributed by atoms with E-state index in [-0.39, 0.29) is 0 Å². The first-order valence-electron chi connectivity index (χ1n) is 26.2. The van der Waals surface area contributed by atoms with Crippen LogP contribution in [0.25, 0.3) is 95.0 Å². The minimum absolute atomic E-state index is 0.633. The smallest absolute Gasteiger partial charge is 0.164 e. The second kappa shape index (κ2) is 19.8. The molecule has 0 atom stereocenters. The molecule has 0 fully saturated rings. The molecular weight excluding hydrogens is 955 g/mol. The predicted octanol–water partition coefficient (Wildman–Crippen LogP) is 17.5. The summed E-state index contributed by atoms with van der Waals surface area (Å²) < 4.78 is 2.36. The van der Waals surface area contributed by atoms with Crippen molar-refractivity contribution in [2.75, 3.05) is 4.90 Å². The highest BCUT2D eigenvalue weighted by atomic mass is 28.3. The molecule has 10 aromatic carbocycles. The van der Waals surface area contributed by atoms with Crippen LogP contribution in [-0.4, -0.2) is 35.7 Å². The van der Waals surface area contributed by atoms with Crippen molar-refractivity contribution in [3.63, 3.8) is 0 Å². The van der Waals surface area contributed by atoms with Gasteiger partial charge in [0, 0.05) is 50.2 Å². The Bertz CT molecular complexity index is 3830. The van der Waals surface area contributed by atoms with Crippen molar-refractivity contribution in [1.29, 1.82) is 0 Å². The Balaban J connectivity index is 0.870. The molecule has 0 amide bonds. The van der Waals surface area contributed by atoms with E-state index < -0.39 is 16.1 Å². The molecule has 76 heavy (non-hydrogen) atoms. The standard InChI is InChI=1S/C69H59N5Si2/c1-75(2,3)61-42-29-50(30-43-61)48-21-34-57(35-22-48)73(58-36-23-49(24-37-58)51-31-44-62(45-32-51)76(4,5)6)59-38-25-52(26-39-59)56-33-46-66-64(47-56)63-19-13-14-20-65(63)74(66)60-40-27-55(28-41-60)69-71-67(53-15-9-7-10-16-53)70-68(72-69)54-17-11-8-12-18-54/h7-47H,1-6H3. The highest BCUT2D eigenvalue weighted by Gasteiger charge is 2.20. The summed E-state index contributed by atoms with van der Waals surface area (Å²) in [6, 6.07) is 89.9. The Hall–Kier alpha value is -8.76. The number of rotatable bonds is 12. The molecule has 2 aromatic heterocycles. The van der Waals surface area contributed by atoms with Gasteiger partial charge in [0.2, 0.25) is 0 Å². The normalized spacial score (nSPS) is 11.8. The summed E-state index contributed by atoms with van der Waals surface area (Å²) in [5.74, 6) is 1.93. The number of benzene rings is 10. The van der Waals surface area contributed by atoms with E-state index in [0.29, 0.717) is 17.5 Å². The van der Waals surface area contributed by atoms with Crippen molar-refractivity contribution in [3.8, 4) is 73.2 Å². The Labute approximate surface area is 448 Å². The van der Waals surface area contributed by atoms with Crippen LogP contribution in [0.1, 0.15) is 0 Å². The van der Waals surface area contributed by atoms with E-state index in [1.165, 1.54) is 43.4 Å². The fourth-order valence-corrected chi connectivity index (χ4v) is 12.6. The van der Waals surface area contributed by atoms with Gasteiger partial charge in [-0.2, -0.15) is 0 Å². The average Bonchev–Trinajstić information content (AvgIpc) is 3.80. The van der Waals surface area contributed by atoms with Gasteiger partial charge in [-0.15, -0.1) is 0 Å². The number of aromatic nitrogens is 4. The first kappa shape index (κ1) is 48.2. The lowest BCUT2D eigenvalue weighted by molar-refractivity contribution is 1.07. The Morgan fingerprint density at radius 1 is 0.289 bits per heavy atom. The van der Waals surface area contributed by atoms with E-state index in [9.17, 15) is 0 Å². The lowest BCUT2D eigenvalue weighted by atomic mass is 10.0. The zero-order chi connectivity index (χ0) is 52.0. The summed E-state index contributed by atoms with van der Waals surface area (Å²) in [5, 5.41) is 5.35. The number of hydrogen-bond acceptors (Lipinski definition) is 4. The summed E-state index contributed by atoms with van der Waals surface area (Å²) in [4.78, 5) is 17.2. The van der Waals surface area contributed by atoms with Crippen LogP contribution in [0.5, 0.6) is 0 Å². The Morgan fingerprint density at radius 2 is 0.618 bits per heavy atom. The maximum Gasteiger partial charge on any atom is 0.164 e. The molecule has 0 aliphatic rings. The minimum Gasteiger partial charge on any atom is -0.311 e. The van der Waals surface area contributed by atoms with Gasteiger partial charge < -0.3 is 9.47 Å². The molecule has 0 bridgehead atoms. The zero-order valence-corrected chi connectivity index (χ0v) is 45.9. The first-order chi connectivity index (χ1) is 36.9. The molecule has 2 heterocycles. The van der Waals surface area contributed by atoms with E-state index >= 15 is 0 Å². The van der Waals surface area contributed by atoms with Gasteiger partial charge in [-0.25, -0.2) is 15.0 Å². The molecule has 0 saturated heterocycles. The van der Waals surface area contributed by atoms with Crippen LogP contribution in [0, 0.1) is 0 Å². The molecule has 12 aromatic rings. The first-order valence-corrected chi connectivity index (χ1v) is 33.2. The number of nitrogens with zero attached hydrogens (tertiary/aromatic N) is 5. The van der Waals surface area contributed by atoms with Crippen LogP contribution in [0.2, 0.25) is 39.3 Å². The molecular formula is C69H59N5Si2. The van der Waals surface area contributed by atoms with Gasteiger partial charge in [-0.3, -0.25) is 0 Å². The molecule has 0 aliphatic heterocycles. The van der Waals surface area contributed by atoms with Gasteiger partial charge in [0.25, 0.3) is 0 Å². The number of fused-ring (bicyclic) bond motifs is 3. The van der Waals surface area contributed by atoms with Gasteiger partial charge in [0.1, 0.15) is 0 Å². The fourth-order valence-electron chi connectivity index (χ4n) is 10.3. The quantitative estimate of drug-likeness (QED) is 0.114. The van der Waals surface area contributed by atoms with Crippen molar-refractivity contribution in [2.24, 2.45) is 0 Å². The van der Waals surface area contributed by atoms with Gasteiger partial charge in [-0.05, 0) is 112 Å². The van der Waals surface area contributed by atoms with Gasteiger partial charge in [0.15, 0.2) is 17.5 Å². The maximum atomic E-state index is 4.99. The largest absolute Gasteiger partial charge is 0.311 e. The fraction of sp³-hybridized carbons (Fsp3) is 0.0870. The average molecular weight is 1010 g/mol. The molecule has 368 valence electrons. The third-order valence-electron chi connectivity index (χ3n) is 14.6. The summed E-state index contributed by atoms with van der Waals surface area (Å²) in [6.45, 7) is 14.4.